The highest BCUT2D eigenvalue weighted by Gasteiger charge is 2.39. The Hall–Kier alpha value is -1.50. The summed E-state index contributed by atoms with van der Waals surface area (Å²) in [6.45, 7) is 0.655. The molecular weight excluding hydrogens is 350 g/mol. The summed E-state index contributed by atoms with van der Waals surface area (Å²) < 4.78 is 40.5. The summed E-state index contributed by atoms with van der Waals surface area (Å²) in [5, 5.41) is 7.28. The maximum Gasteiger partial charge on any atom is 0.435 e. The van der Waals surface area contributed by atoms with E-state index in [0.717, 1.165) is 11.1 Å². The molecule has 1 aliphatic rings. The SMILES string of the molecule is Cl.Cn1nc(C(F)(F)F)c2c1/C(=C/c1ccc(Cl)cc1)CNC2. The molecule has 0 aliphatic carbocycles. The average Bonchev–Trinajstić information content (AvgIpc) is 2.80. The molecule has 124 valence electrons. The van der Waals surface area contributed by atoms with Crippen molar-refractivity contribution in [1.29, 1.82) is 0 Å². The van der Waals surface area contributed by atoms with Gasteiger partial charge in [-0.25, -0.2) is 0 Å². The van der Waals surface area contributed by atoms with Crippen molar-refractivity contribution in [3.05, 3.63) is 51.8 Å². The Morgan fingerprint density at radius 3 is 2.48 bits per heavy atom. The molecular formula is C15H14Cl2F3N3. The van der Waals surface area contributed by atoms with Crippen LogP contribution in [0.3, 0.4) is 0 Å². The van der Waals surface area contributed by atoms with E-state index in [2.05, 4.69) is 10.4 Å². The molecule has 1 N–H and O–H groups in total. The monoisotopic (exact) mass is 363 g/mol. The smallest absolute Gasteiger partial charge is 0.308 e. The Kier molecular flexibility index (Phi) is 5.08. The third-order valence-electron chi connectivity index (χ3n) is 3.55. The Balaban J connectivity index is 0.00000192. The number of aryl methyl sites for hydroxylation is 1. The first-order valence-electron chi connectivity index (χ1n) is 6.66. The van der Waals surface area contributed by atoms with Gasteiger partial charge in [-0.2, -0.15) is 18.3 Å². The van der Waals surface area contributed by atoms with Gasteiger partial charge in [-0.1, -0.05) is 23.7 Å². The minimum atomic E-state index is -4.45. The summed E-state index contributed by atoms with van der Waals surface area (Å²) in [6.07, 6.45) is -2.60. The molecule has 2 heterocycles. The van der Waals surface area contributed by atoms with E-state index in [1.165, 1.54) is 11.7 Å². The van der Waals surface area contributed by atoms with E-state index >= 15 is 0 Å². The quantitative estimate of drug-likeness (QED) is 0.824. The Morgan fingerprint density at radius 2 is 1.87 bits per heavy atom. The van der Waals surface area contributed by atoms with Gasteiger partial charge in [0.15, 0.2) is 5.69 Å². The third-order valence-corrected chi connectivity index (χ3v) is 3.80. The zero-order valence-corrected chi connectivity index (χ0v) is 13.7. The minimum Gasteiger partial charge on any atom is -0.308 e. The normalized spacial score (nSPS) is 16.1. The summed E-state index contributed by atoms with van der Waals surface area (Å²) in [6, 6.07) is 7.14. The van der Waals surface area contributed by atoms with Gasteiger partial charge in [0, 0.05) is 30.7 Å². The van der Waals surface area contributed by atoms with Crippen molar-refractivity contribution in [2.24, 2.45) is 7.05 Å². The van der Waals surface area contributed by atoms with Gasteiger partial charge in [0.05, 0.1) is 5.69 Å². The van der Waals surface area contributed by atoms with Crippen LogP contribution in [0.5, 0.6) is 0 Å². The number of rotatable bonds is 1. The number of aromatic nitrogens is 2. The Morgan fingerprint density at radius 1 is 1.22 bits per heavy atom. The molecule has 0 fully saturated rings. The van der Waals surface area contributed by atoms with E-state index < -0.39 is 11.9 Å². The summed E-state index contributed by atoms with van der Waals surface area (Å²) in [5.74, 6) is 0. The zero-order chi connectivity index (χ0) is 15.9. The van der Waals surface area contributed by atoms with Crippen molar-refractivity contribution in [3.8, 4) is 0 Å². The molecule has 1 aromatic carbocycles. The largest absolute Gasteiger partial charge is 0.435 e. The van der Waals surface area contributed by atoms with Crippen LogP contribution < -0.4 is 5.32 Å². The topological polar surface area (TPSA) is 29.9 Å². The zero-order valence-electron chi connectivity index (χ0n) is 12.1. The van der Waals surface area contributed by atoms with Gasteiger partial charge < -0.3 is 5.32 Å². The first-order valence-corrected chi connectivity index (χ1v) is 7.04. The summed E-state index contributed by atoms with van der Waals surface area (Å²) >= 11 is 5.84. The highest BCUT2D eigenvalue weighted by atomic mass is 35.5. The molecule has 0 radical (unpaired) electrons. The number of hydrogen-bond acceptors (Lipinski definition) is 2. The molecule has 0 spiro atoms. The van der Waals surface area contributed by atoms with Crippen molar-refractivity contribution < 1.29 is 13.2 Å². The van der Waals surface area contributed by atoms with Crippen molar-refractivity contribution in [1.82, 2.24) is 15.1 Å². The first-order chi connectivity index (χ1) is 10.4. The van der Waals surface area contributed by atoms with Crippen molar-refractivity contribution in [3.63, 3.8) is 0 Å². The molecule has 0 amide bonds. The molecule has 23 heavy (non-hydrogen) atoms. The van der Waals surface area contributed by atoms with Crippen LogP contribution in [0.2, 0.25) is 5.02 Å². The number of nitrogens with zero attached hydrogens (tertiary/aromatic N) is 2. The van der Waals surface area contributed by atoms with Crippen LogP contribution in [0.4, 0.5) is 13.2 Å². The first kappa shape index (κ1) is 17.8. The molecule has 0 saturated heterocycles. The van der Waals surface area contributed by atoms with Gasteiger partial charge in [-0.3, -0.25) is 4.68 Å². The van der Waals surface area contributed by atoms with Gasteiger partial charge in [-0.05, 0) is 29.3 Å². The number of hydrogen-bond donors (Lipinski definition) is 1. The fraction of sp³-hybridized carbons (Fsp3) is 0.267. The van der Waals surface area contributed by atoms with Crippen LogP contribution in [0.25, 0.3) is 11.6 Å². The van der Waals surface area contributed by atoms with Gasteiger partial charge in [-0.15, -0.1) is 12.4 Å². The second kappa shape index (κ2) is 6.55. The second-order valence-corrected chi connectivity index (χ2v) is 5.56. The van der Waals surface area contributed by atoms with Gasteiger partial charge in [0.1, 0.15) is 0 Å². The Labute approximate surface area is 142 Å². The van der Waals surface area contributed by atoms with E-state index in [-0.39, 0.29) is 24.5 Å². The molecule has 0 saturated carbocycles. The predicted molar refractivity (Wildman–Crippen MR) is 86.5 cm³/mol. The number of nitrogens with one attached hydrogen (secondary N) is 1. The van der Waals surface area contributed by atoms with Gasteiger partial charge in [0.25, 0.3) is 0 Å². The second-order valence-electron chi connectivity index (χ2n) is 5.12. The van der Waals surface area contributed by atoms with Crippen molar-refractivity contribution in [2.75, 3.05) is 6.54 Å². The van der Waals surface area contributed by atoms with Crippen LogP contribution >= 0.6 is 24.0 Å². The summed E-state index contributed by atoms with van der Waals surface area (Å²) in [7, 11) is 1.54. The number of alkyl halides is 3. The van der Waals surface area contributed by atoms with Crippen LogP contribution in [-0.4, -0.2) is 16.3 Å². The van der Waals surface area contributed by atoms with E-state index in [4.69, 9.17) is 11.6 Å². The number of fused-ring (bicyclic) bond motifs is 1. The molecule has 3 nitrogen and oxygen atoms in total. The Bertz CT molecular complexity index is 734. The van der Waals surface area contributed by atoms with E-state index in [1.807, 2.05) is 18.2 Å². The fourth-order valence-corrected chi connectivity index (χ4v) is 2.78. The van der Waals surface area contributed by atoms with Crippen molar-refractivity contribution in [2.45, 2.75) is 12.7 Å². The molecule has 2 aromatic rings. The number of benzene rings is 1. The molecule has 0 atom stereocenters. The molecule has 0 bridgehead atoms. The minimum absolute atomic E-state index is 0. The van der Waals surface area contributed by atoms with Crippen molar-refractivity contribution >= 4 is 35.7 Å². The van der Waals surface area contributed by atoms with Gasteiger partial charge >= 0.3 is 6.18 Å². The highest BCUT2D eigenvalue weighted by molar-refractivity contribution is 6.30. The maximum absolute atomic E-state index is 13.0. The van der Waals surface area contributed by atoms with Crippen LogP contribution in [-0.2, 0) is 19.8 Å². The average molecular weight is 364 g/mol. The molecule has 1 aliphatic heterocycles. The maximum atomic E-state index is 13.0. The fourth-order valence-electron chi connectivity index (χ4n) is 2.65. The third kappa shape index (κ3) is 3.54. The molecule has 0 unspecified atom stereocenters. The summed E-state index contributed by atoms with van der Waals surface area (Å²) in [4.78, 5) is 0. The van der Waals surface area contributed by atoms with E-state index in [0.29, 0.717) is 17.3 Å². The highest BCUT2D eigenvalue weighted by Crippen LogP contribution is 2.36. The van der Waals surface area contributed by atoms with E-state index in [9.17, 15) is 13.2 Å². The number of halogens is 5. The molecule has 8 heteroatoms. The van der Waals surface area contributed by atoms with Gasteiger partial charge in [0.2, 0.25) is 0 Å². The molecule has 3 rings (SSSR count). The summed E-state index contributed by atoms with van der Waals surface area (Å²) in [5.41, 5.74) is 1.56. The standard InChI is InChI=1S/C15H13ClF3N3.ClH/c1-22-13-10(6-9-2-4-11(16)5-3-9)7-20-8-12(13)14(21-22)15(17,18)19;/h2-6,20H,7-8H2,1H3;1H/b10-6+;. The lowest BCUT2D eigenvalue weighted by molar-refractivity contribution is -0.142. The molecule has 1 aromatic heterocycles. The lowest BCUT2D eigenvalue weighted by Crippen LogP contribution is -2.25. The van der Waals surface area contributed by atoms with E-state index in [1.54, 1.807) is 12.1 Å². The lowest BCUT2D eigenvalue weighted by Gasteiger charge is -2.19. The van der Waals surface area contributed by atoms with Crippen LogP contribution in [0.15, 0.2) is 24.3 Å². The van der Waals surface area contributed by atoms with Crippen LogP contribution in [0, 0.1) is 0 Å². The van der Waals surface area contributed by atoms with Crippen LogP contribution in [0.1, 0.15) is 22.5 Å². The predicted octanol–water partition coefficient (Wildman–Crippen LogP) is 4.16. The lowest BCUT2D eigenvalue weighted by atomic mass is 9.99.